The van der Waals surface area contributed by atoms with Crippen molar-refractivity contribution in [3.05, 3.63) is 57.8 Å². The normalized spacial score (nSPS) is 25.5. The molecular weight excluding hydrogens is 521 g/mol. The maximum atomic E-state index is 13.3. The molecule has 2 aromatic heterocycles. The first kappa shape index (κ1) is 25.7. The Morgan fingerprint density at radius 1 is 1.05 bits per heavy atom. The van der Waals surface area contributed by atoms with Crippen molar-refractivity contribution in [3.63, 3.8) is 0 Å². The second-order valence-electron chi connectivity index (χ2n) is 11.1. The molecule has 0 saturated heterocycles. The van der Waals surface area contributed by atoms with Crippen LogP contribution >= 0.6 is 23.2 Å². The molecule has 4 aliphatic rings. The van der Waals surface area contributed by atoms with E-state index < -0.39 is 0 Å². The standard InChI is InChI=1S/C29H33Cl2N5O2/c1-16-26(29(37)33-8-7-32-27-20-10-17-9-18(12-20)13-21(27)11-17)35-36(24-5-4-22(30)14-23(24)31)28(16)19-3-6-25(38-2)34-15-19/h3-6,14-15,17-18,20-21,27,32H,7-13H2,1-2H3,(H,33,37)/t17-,18+,20-,21+,27?. The van der Waals surface area contributed by atoms with Crippen molar-refractivity contribution in [1.29, 1.82) is 0 Å². The number of hydrogen-bond donors (Lipinski definition) is 2. The number of carbonyl (C=O) groups is 1. The highest BCUT2D eigenvalue weighted by Gasteiger charge is 2.47. The minimum absolute atomic E-state index is 0.207. The maximum Gasteiger partial charge on any atom is 0.272 e. The van der Waals surface area contributed by atoms with Crippen molar-refractivity contribution in [2.75, 3.05) is 20.2 Å². The van der Waals surface area contributed by atoms with Gasteiger partial charge in [-0.05, 0) is 87.0 Å². The van der Waals surface area contributed by atoms with Crippen molar-refractivity contribution < 1.29 is 9.53 Å². The van der Waals surface area contributed by atoms with Gasteiger partial charge in [0.15, 0.2) is 5.69 Å². The number of halogens is 2. The zero-order valence-corrected chi connectivity index (χ0v) is 23.2. The lowest BCUT2D eigenvalue weighted by Gasteiger charge is -2.54. The smallest absolute Gasteiger partial charge is 0.272 e. The fraction of sp³-hybridized carbons (Fsp3) is 0.483. The van der Waals surface area contributed by atoms with Crippen molar-refractivity contribution in [2.45, 2.75) is 45.1 Å². The van der Waals surface area contributed by atoms with Crippen LogP contribution in [0.25, 0.3) is 16.9 Å². The largest absolute Gasteiger partial charge is 0.481 e. The summed E-state index contributed by atoms with van der Waals surface area (Å²) in [4.78, 5) is 17.7. The van der Waals surface area contributed by atoms with Gasteiger partial charge in [-0.3, -0.25) is 4.79 Å². The molecule has 4 fully saturated rings. The summed E-state index contributed by atoms with van der Waals surface area (Å²) in [6.07, 6.45) is 8.68. The van der Waals surface area contributed by atoms with Crippen molar-refractivity contribution in [3.8, 4) is 22.8 Å². The summed E-state index contributed by atoms with van der Waals surface area (Å²) in [7, 11) is 1.57. The van der Waals surface area contributed by atoms with Crippen molar-refractivity contribution in [1.82, 2.24) is 25.4 Å². The molecule has 2 heterocycles. The molecule has 2 N–H and O–H groups in total. The van der Waals surface area contributed by atoms with E-state index in [1.807, 2.05) is 13.0 Å². The second-order valence-corrected chi connectivity index (χ2v) is 11.9. The molecule has 0 radical (unpaired) electrons. The van der Waals surface area contributed by atoms with Gasteiger partial charge in [-0.1, -0.05) is 23.2 Å². The Morgan fingerprint density at radius 3 is 2.42 bits per heavy atom. The zero-order chi connectivity index (χ0) is 26.4. The first-order chi connectivity index (χ1) is 18.4. The molecular formula is C29H33Cl2N5O2. The number of rotatable bonds is 8. The Bertz CT molecular complexity index is 1310. The number of methoxy groups -OCH3 is 1. The molecule has 0 aliphatic heterocycles. The Hall–Kier alpha value is -2.61. The molecule has 1 aromatic carbocycles. The van der Waals surface area contributed by atoms with Gasteiger partial charge in [-0.2, -0.15) is 5.10 Å². The molecule has 9 heteroatoms. The van der Waals surface area contributed by atoms with E-state index in [0.717, 1.165) is 47.0 Å². The molecule has 200 valence electrons. The van der Waals surface area contributed by atoms with Gasteiger partial charge < -0.3 is 15.4 Å². The number of aromatic nitrogens is 3. The number of pyridine rings is 1. The third kappa shape index (κ3) is 4.80. The maximum absolute atomic E-state index is 13.3. The van der Waals surface area contributed by atoms with Crippen LogP contribution in [0.4, 0.5) is 0 Å². The van der Waals surface area contributed by atoms with Gasteiger partial charge in [0.25, 0.3) is 5.91 Å². The van der Waals surface area contributed by atoms with Gasteiger partial charge in [0.05, 0.1) is 23.5 Å². The fourth-order valence-corrected chi connectivity index (χ4v) is 7.76. The van der Waals surface area contributed by atoms with E-state index >= 15 is 0 Å². The molecule has 0 atom stereocenters. The minimum atomic E-state index is -0.207. The van der Waals surface area contributed by atoms with Crippen LogP contribution in [0.3, 0.4) is 0 Å². The molecule has 4 saturated carbocycles. The van der Waals surface area contributed by atoms with Crippen LogP contribution in [0.15, 0.2) is 36.5 Å². The summed E-state index contributed by atoms with van der Waals surface area (Å²) in [5.74, 6) is 3.83. The van der Waals surface area contributed by atoms with E-state index in [2.05, 4.69) is 15.6 Å². The molecule has 7 nitrogen and oxygen atoms in total. The van der Waals surface area contributed by atoms with Crippen LogP contribution in [0.1, 0.15) is 48.2 Å². The average molecular weight is 555 g/mol. The lowest BCUT2D eigenvalue weighted by Crippen LogP contribution is -2.55. The number of ether oxygens (including phenoxy) is 1. The molecule has 4 bridgehead atoms. The molecule has 0 unspecified atom stereocenters. The summed E-state index contributed by atoms with van der Waals surface area (Å²) in [6, 6.07) is 9.50. The van der Waals surface area contributed by atoms with Crippen LogP contribution in [-0.2, 0) is 0 Å². The van der Waals surface area contributed by atoms with Gasteiger partial charge in [-0.25, -0.2) is 9.67 Å². The quantitative estimate of drug-likeness (QED) is 0.349. The number of hydrogen-bond acceptors (Lipinski definition) is 5. The SMILES string of the molecule is COc1ccc(-c2c(C)c(C(=O)NCCNC3[C@H]4C[C@@H]5C[C@@H](C[C@H]3C5)C4)nn2-c2ccc(Cl)cc2Cl)cn1. The highest BCUT2D eigenvalue weighted by molar-refractivity contribution is 6.35. The van der Waals surface area contributed by atoms with E-state index in [9.17, 15) is 4.79 Å². The summed E-state index contributed by atoms with van der Waals surface area (Å²) < 4.78 is 6.91. The van der Waals surface area contributed by atoms with E-state index in [-0.39, 0.29) is 5.91 Å². The van der Waals surface area contributed by atoms with E-state index in [4.69, 9.17) is 33.0 Å². The molecule has 38 heavy (non-hydrogen) atoms. The summed E-state index contributed by atoms with van der Waals surface area (Å²) >= 11 is 12.7. The molecule has 4 aliphatic carbocycles. The van der Waals surface area contributed by atoms with Crippen LogP contribution in [0, 0.1) is 30.6 Å². The number of carbonyl (C=O) groups excluding carboxylic acids is 1. The third-order valence-corrected chi connectivity index (χ3v) is 9.25. The molecule has 1 amide bonds. The van der Waals surface area contributed by atoms with Gasteiger partial charge in [0, 0.05) is 47.5 Å². The van der Waals surface area contributed by atoms with Crippen LogP contribution < -0.4 is 15.4 Å². The highest BCUT2D eigenvalue weighted by Crippen LogP contribution is 2.53. The summed E-state index contributed by atoms with van der Waals surface area (Å²) in [5, 5.41) is 12.6. The lowest BCUT2D eigenvalue weighted by atomic mass is 9.54. The lowest BCUT2D eigenvalue weighted by molar-refractivity contribution is -0.0133. The first-order valence-corrected chi connectivity index (χ1v) is 14.2. The van der Waals surface area contributed by atoms with Crippen LogP contribution in [-0.4, -0.2) is 46.9 Å². The summed E-state index contributed by atoms with van der Waals surface area (Å²) in [6.45, 7) is 3.21. The number of nitrogens with one attached hydrogen (secondary N) is 2. The van der Waals surface area contributed by atoms with Gasteiger partial charge in [0.2, 0.25) is 5.88 Å². The van der Waals surface area contributed by atoms with Crippen molar-refractivity contribution in [2.24, 2.45) is 23.7 Å². The van der Waals surface area contributed by atoms with E-state index in [1.165, 1.54) is 32.1 Å². The van der Waals surface area contributed by atoms with Gasteiger partial charge in [-0.15, -0.1) is 0 Å². The topological polar surface area (TPSA) is 81.1 Å². The van der Waals surface area contributed by atoms with Crippen LogP contribution in [0.5, 0.6) is 5.88 Å². The third-order valence-electron chi connectivity index (χ3n) is 8.71. The van der Waals surface area contributed by atoms with Gasteiger partial charge >= 0.3 is 0 Å². The Kier molecular flexibility index (Phi) is 7.10. The highest BCUT2D eigenvalue weighted by atomic mass is 35.5. The number of nitrogens with zero attached hydrogens (tertiary/aromatic N) is 3. The first-order valence-electron chi connectivity index (χ1n) is 13.5. The number of benzene rings is 1. The fourth-order valence-electron chi connectivity index (χ4n) is 7.28. The minimum Gasteiger partial charge on any atom is -0.481 e. The Labute approximate surface area is 233 Å². The summed E-state index contributed by atoms with van der Waals surface area (Å²) in [5.41, 5.74) is 3.27. The van der Waals surface area contributed by atoms with Gasteiger partial charge in [0.1, 0.15) is 0 Å². The predicted molar refractivity (Wildman–Crippen MR) is 149 cm³/mol. The van der Waals surface area contributed by atoms with E-state index in [1.54, 1.807) is 42.3 Å². The second kappa shape index (κ2) is 10.5. The number of amides is 1. The average Bonchev–Trinajstić information content (AvgIpc) is 3.24. The van der Waals surface area contributed by atoms with Crippen LogP contribution in [0.2, 0.25) is 10.0 Å². The Morgan fingerprint density at radius 2 is 1.79 bits per heavy atom. The molecule has 3 aromatic rings. The van der Waals surface area contributed by atoms with Crippen molar-refractivity contribution >= 4 is 29.1 Å². The zero-order valence-electron chi connectivity index (χ0n) is 21.7. The monoisotopic (exact) mass is 553 g/mol. The predicted octanol–water partition coefficient (Wildman–Crippen LogP) is 5.70. The molecule has 7 rings (SSSR count). The molecule has 0 spiro atoms. The Balaban J connectivity index is 1.20. The van der Waals surface area contributed by atoms with E-state index in [0.29, 0.717) is 39.9 Å².